The van der Waals surface area contributed by atoms with Gasteiger partial charge in [0.1, 0.15) is 0 Å². The van der Waals surface area contributed by atoms with Crippen molar-refractivity contribution >= 4 is 17.5 Å². The number of benzene rings is 1. The van der Waals surface area contributed by atoms with Gasteiger partial charge < -0.3 is 11.5 Å². The van der Waals surface area contributed by atoms with Gasteiger partial charge in [0.2, 0.25) is 5.91 Å². The van der Waals surface area contributed by atoms with Crippen molar-refractivity contribution in [2.75, 3.05) is 11.2 Å². The van der Waals surface area contributed by atoms with Gasteiger partial charge in [0, 0.05) is 30.6 Å². The highest BCUT2D eigenvalue weighted by molar-refractivity contribution is 6.00. The zero-order chi connectivity index (χ0) is 14.0. The molecule has 0 saturated carbocycles. The second-order valence-corrected chi connectivity index (χ2v) is 4.15. The summed E-state index contributed by atoms with van der Waals surface area (Å²) in [4.78, 5) is 22.5. The highest BCUT2D eigenvalue weighted by Gasteiger charge is 2.14. The van der Waals surface area contributed by atoms with E-state index >= 15 is 0 Å². The van der Waals surface area contributed by atoms with Gasteiger partial charge >= 0.3 is 0 Å². The molecule has 19 heavy (non-hydrogen) atoms. The van der Waals surface area contributed by atoms with Gasteiger partial charge in [0.25, 0.3) is 5.91 Å². The van der Waals surface area contributed by atoms with Crippen LogP contribution in [-0.4, -0.2) is 16.5 Å². The molecule has 1 aromatic carbocycles. The maximum Gasteiger partial charge on any atom is 0.250 e. The molecule has 6 nitrogen and oxygen atoms in total. The fourth-order valence-corrected chi connectivity index (χ4v) is 1.79. The molecule has 0 unspecified atom stereocenters. The van der Waals surface area contributed by atoms with Gasteiger partial charge in [-0.3, -0.25) is 19.7 Å². The van der Waals surface area contributed by atoms with Crippen LogP contribution in [0.5, 0.6) is 0 Å². The molecule has 0 bridgehead atoms. The molecule has 0 fully saturated rings. The number of nitrogens with two attached hydrogens (primary N) is 2. The molecule has 2 rings (SSSR count). The van der Waals surface area contributed by atoms with Gasteiger partial charge in [-0.15, -0.1) is 0 Å². The van der Waals surface area contributed by atoms with Crippen LogP contribution in [0.4, 0.5) is 5.69 Å². The molecule has 0 aliphatic rings. The van der Waals surface area contributed by atoms with Gasteiger partial charge in [-0.25, -0.2) is 0 Å². The highest BCUT2D eigenvalue weighted by Crippen LogP contribution is 2.25. The topological polar surface area (TPSA) is 103 Å². The predicted octanol–water partition coefficient (Wildman–Crippen LogP) is 0.926. The fraction of sp³-hybridized carbons (Fsp3) is 0.0769. The Morgan fingerprint density at radius 3 is 2.32 bits per heavy atom. The third-order valence-electron chi connectivity index (χ3n) is 2.60. The number of hydrogen-bond acceptors (Lipinski definition) is 3. The van der Waals surface area contributed by atoms with Crippen LogP contribution in [-0.2, 0) is 4.79 Å². The van der Waals surface area contributed by atoms with E-state index in [1.54, 1.807) is 30.5 Å². The zero-order valence-electron chi connectivity index (χ0n) is 10.4. The van der Waals surface area contributed by atoms with Crippen molar-refractivity contribution < 1.29 is 9.59 Å². The molecule has 2 amide bonds. The summed E-state index contributed by atoms with van der Waals surface area (Å²) in [5.41, 5.74) is 15.9. The number of amides is 2. The number of nitrogens with zero attached hydrogens (tertiary/aromatic N) is 1. The van der Waals surface area contributed by atoms with E-state index in [9.17, 15) is 9.59 Å². The largest absolute Gasteiger partial charge is 0.399 e. The normalized spacial score (nSPS) is 10.2. The van der Waals surface area contributed by atoms with Crippen LogP contribution in [0.2, 0.25) is 0 Å². The molecule has 1 heterocycles. The van der Waals surface area contributed by atoms with E-state index in [-0.39, 0.29) is 5.91 Å². The van der Waals surface area contributed by atoms with E-state index in [4.69, 9.17) is 11.5 Å². The van der Waals surface area contributed by atoms with Crippen molar-refractivity contribution in [3.05, 3.63) is 42.2 Å². The summed E-state index contributed by atoms with van der Waals surface area (Å²) in [6, 6.07) is 7.04. The van der Waals surface area contributed by atoms with Crippen LogP contribution in [0, 0.1) is 0 Å². The van der Waals surface area contributed by atoms with Gasteiger partial charge in [-0.05, 0) is 17.7 Å². The molecule has 0 aliphatic carbocycles. The Morgan fingerprint density at radius 2 is 1.79 bits per heavy atom. The summed E-state index contributed by atoms with van der Waals surface area (Å²) >= 11 is 0. The minimum Gasteiger partial charge on any atom is -0.399 e. The van der Waals surface area contributed by atoms with Gasteiger partial charge in [0.05, 0.1) is 5.56 Å². The minimum atomic E-state index is -0.559. The van der Waals surface area contributed by atoms with Crippen LogP contribution in [0.1, 0.15) is 17.3 Å². The monoisotopic (exact) mass is 258 g/mol. The Morgan fingerprint density at radius 1 is 1.16 bits per heavy atom. The van der Waals surface area contributed by atoms with Crippen molar-refractivity contribution in [1.82, 2.24) is 4.68 Å². The number of anilines is 1. The second kappa shape index (κ2) is 4.85. The number of rotatable bonds is 3. The molecule has 0 aliphatic heterocycles. The lowest BCUT2D eigenvalue weighted by Gasteiger charge is -2.02. The summed E-state index contributed by atoms with van der Waals surface area (Å²) < 4.78 is 1.41. The lowest BCUT2D eigenvalue weighted by Crippen LogP contribution is -2.18. The highest BCUT2D eigenvalue weighted by atomic mass is 16.2. The lowest BCUT2D eigenvalue weighted by atomic mass is 10.0. The van der Waals surface area contributed by atoms with Crippen LogP contribution >= 0.6 is 0 Å². The molecule has 2 aromatic rings. The van der Waals surface area contributed by atoms with Crippen molar-refractivity contribution in [2.24, 2.45) is 5.73 Å². The van der Waals surface area contributed by atoms with Crippen LogP contribution in [0.25, 0.3) is 11.1 Å². The number of aromatic nitrogens is 1. The third-order valence-corrected chi connectivity index (χ3v) is 2.60. The molecule has 5 N–H and O–H groups in total. The standard InChI is InChI=1S/C13H14N4O2/c1-8(18)16-17-6-11(12(7-17)13(15)19)9-2-4-10(14)5-3-9/h2-7H,14H2,1H3,(H2,15,19)(H,16,18). The van der Waals surface area contributed by atoms with Crippen molar-refractivity contribution in [3.63, 3.8) is 0 Å². The van der Waals surface area contributed by atoms with Crippen molar-refractivity contribution in [2.45, 2.75) is 6.92 Å². The third kappa shape index (κ3) is 2.74. The Labute approximate surface area is 110 Å². The van der Waals surface area contributed by atoms with Crippen LogP contribution in [0.15, 0.2) is 36.7 Å². The van der Waals surface area contributed by atoms with Gasteiger partial charge in [-0.1, -0.05) is 12.1 Å². The number of carbonyl (C=O) groups excluding carboxylic acids is 2. The molecule has 0 spiro atoms. The minimum absolute atomic E-state index is 0.241. The molecule has 0 saturated heterocycles. The Hall–Kier alpha value is -2.76. The van der Waals surface area contributed by atoms with Gasteiger partial charge in [0.15, 0.2) is 0 Å². The molecule has 0 atom stereocenters. The van der Waals surface area contributed by atoms with E-state index in [2.05, 4.69) is 5.43 Å². The number of nitrogens with one attached hydrogen (secondary N) is 1. The summed E-state index contributed by atoms with van der Waals surface area (Å²) in [7, 11) is 0. The Kier molecular flexibility index (Phi) is 3.24. The Balaban J connectivity index is 2.48. The smallest absolute Gasteiger partial charge is 0.250 e. The average molecular weight is 258 g/mol. The second-order valence-electron chi connectivity index (χ2n) is 4.15. The van der Waals surface area contributed by atoms with E-state index in [1.165, 1.54) is 17.8 Å². The van der Waals surface area contributed by atoms with E-state index < -0.39 is 5.91 Å². The number of carbonyl (C=O) groups is 2. The zero-order valence-corrected chi connectivity index (χ0v) is 10.4. The van der Waals surface area contributed by atoms with Gasteiger partial charge in [-0.2, -0.15) is 0 Å². The molecule has 0 radical (unpaired) electrons. The van der Waals surface area contributed by atoms with E-state index in [0.29, 0.717) is 16.8 Å². The van der Waals surface area contributed by atoms with Crippen molar-refractivity contribution in [3.8, 4) is 11.1 Å². The first-order valence-electron chi connectivity index (χ1n) is 5.62. The Bertz CT molecular complexity index is 629. The number of nitrogen functional groups attached to an aromatic ring is 1. The molecule has 1 aromatic heterocycles. The first kappa shape index (κ1) is 12.7. The summed E-state index contributed by atoms with van der Waals surface area (Å²) in [6.45, 7) is 1.38. The maximum atomic E-state index is 11.4. The maximum absolute atomic E-state index is 11.4. The molecule has 6 heteroatoms. The summed E-state index contributed by atoms with van der Waals surface area (Å²) in [5, 5.41) is 0. The molecular formula is C13H14N4O2. The fourth-order valence-electron chi connectivity index (χ4n) is 1.79. The average Bonchev–Trinajstić information content (AvgIpc) is 2.73. The quantitative estimate of drug-likeness (QED) is 0.713. The summed E-state index contributed by atoms with van der Waals surface area (Å²) in [6.07, 6.45) is 3.11. The number of primary amides is 1. The number of hydrogen-bond donors (Lipinski definition) is 3. The first-order chi connectivity index (χ1) is 8.97. The van der Waals surface area contributed by atoms with Crippen LogP contribution in [0.3, 0.4) is 0 Å². The molecular weight excluding hydrogens is 244 g/mol. The molecule has 98 valence electrons. The SMILES string of the molecule is CC(=O)Nn1cc(C(N)=O)c(-c2ccc(N)cc2)c1. The van der Waals surface area contributed by atoms with Crippen molar-refractivity contribution in [1.29, 1.82) is 0 Å². The lowest BCUT2D eigenvalue weighted by molar-refractivity contribution is -0.115. The first-order valence-corrected chi connectivity index (χ1v) is 5.62. The summed E-state index contributed by atoms with van der Waals surface area (Å²) in [5.74, 6) is -0.800. The van der Waals surface area contributed by atoms with E-state index in [1.807, 2.05) is 0 Å². The van der Waals surface area contributed by atoms with Crippen LogP contribution < -0.4 is 16.9 Å². The predicted molar refractivity (Wildman–Crippen MR) is 72.8 cm³/mol. The van der Waals surface area contributed by atoms with E-state index in [0.717, 1.165) is 5.56 Å².